The molecule has 19 heavy (non-hydrogen) atoms. The van der Waals surface area contributed by atoms with Crippen LogP contribution in [-0.4, -0.2) is 25.0 Å². The first kappa shape index (κ1) is 16.7. The number of thiophene rings is 1. The number of carbonyl (C=O) groups is 2. The molecule has 0 bridgehead atoms. The smallest absolute Gasteiger partial charge is 0.328 e. The number of hydrogen-bond donors (Lipinski definition) is 1. The molecule has 0 aromatic carbocycles. The normalized spacial score (nSPS) is 13.7. The Morgan fingerprint density at radius 3 is 2.53 bits per heavy atom. The topological polar surface area (TPSA) is 55.4 Å². The average molecular weight is 413 g/mol. The lowest BCUT2D eigenvalue weighted by atomic mass is 9.99. The lowest BCUT2D eigenvalue weighted by Gasteiger charge is -2.21. The minimum absolute atomic E-state index is 0.0169. The van der Waals surface area contributed by atoms with E-state index in [1.54, 1.807) is 6.07 Å². The molecule has 0 saturated heterocycles. The molecule has 0 aliphatic carbocycles. The monoisotopic (exact) mass is 411 g/mol. The molecule has 1 aromatic heterocycles. The van der Waals surface area contributed by atoms with Crippen LogP contribution in [0.15, 0.2) is 14.3 Å². The fourth-order valence-corrected chi connectivity index (χ4v) is 3.41. The highest BCUT2D eigenvalue weighted by Crippen LogP contribution is 2.32. The number of amides is 1. The molecule has 1 amide bonds. The minimum Gasteiger partial charge on any atom is -0.467 e. The van der Waals surface area contributed by atoms with Crippen LogP contribution < -0.4 is 5.32 Å². The van der Waals surface area contributed by atoms with E-state index in [0.717, 1.165) is 14.7 Å². The first-order chi connectivity index (χ1) is 8.90. The van der Waals surface area contributed by atoms with Gasteiger partial charge in [0, 0.05) is 4.47 Å². The van der Waals surface area contributed by atoms with Gasteiger partial charge in [0.25, 0.3) is 5.91 Å². The molecule has 0 aliphatic rings. The summed E-state index contributed by atoms with van der Waals surface area (Å²) in [4.78, 5) is 24.3. The van der Waals surface area contributed by atoms with E-state index in [9.17, 15) is 9.59 Å². The fraction of sp³-hybridized carbons (Fsp3) is 0.500. The maximum absolute atomic E-state index is 12.1. The molecule has 0 aliphatic heterocycles. The van der Waals surface area contributed by atoms with Crippen molar-refractivity contribution in [1.29, 1.82) is 0 Å². The second kappa shape index (κ2) is 7.40. The fourth-order valence-electron chi connectivity index (χ4n) is 1.47. The van der Waals surface area contributed by atoms with Gasteiger partial charge in [-0.1, -0.05) is 20.3 Å². The summed E-state index contributed by atoms with van der Waals surface area (Å²) in [5, 5.41) is 2.73. The lowest BCUT2D eigenvalue weighted by Crippen LogP contribution is -2.45. The van der Waals surface area contributed by atoms with E-state index in [1.165, 1.54) is 18.4 Å². The molecule has 2 atom stereocenters. The van der Waals surface area contributed by atoms with Crippen LogP contribution in [0.1, 0.15) is 29.9 Å². The molecule has 0 radical (unpaired) electrons. The Labute approximate surface area is 133 Å². The third-order valence-corrected chi connectivity index (χ3v) is 6.08. The molecule has 0 spiro atoms. The predicted octanol–water partition coefficient (Wildman–Crippen LogP) is 3.59. The van der Waals surface area contributed by atoms with E-state index in [0.29, 0.717) is 4.88 Å². The number of halogens is 2. The van der Waals surface area contributed by atoms with Crippen molar-refractivity contribution in [3.8, 4) is 0 Å². The Morgan fingerprint density at radius 1 is 1.47 bits per heavy atom. The van der Waals surface area contributed by atoms with E-state index in [4.69, 9.17) is 4.74 Å². The number of nitrogens with one attached hydrogen (secondary N) is 1. The maximum atomic E-state index is 12.1. The summed E-state index contributed by atoms with van der Waals surface area (Å²) in [5.74, 6) is -0.673. The van der Waals surface area contributed by atoms with Crippen LogP contribution in [0.3, 0.4) is 0 Å². The molecule has 7 heteroatoms. The number of methoxy groups -OCH3 is 1. The minimum atomic E-state index is -0.623. The SMILES string of the molecule is CCC(C)[C@H](NC(=O)c1cc(Br)c(Br)s1)C(=O)OC. The summed E-state index contributed by atoms with van der Waals surface area (Å²) in [6.07, 6.45) is 0.776. The van der Waals surface area contributed by atoms with Gasteiger partial charge < -0.3 is 10.1 Å². The van der Waals surface area contributed by atoms with Gasteiger partial charge in [-0.05, 0) is 43.8 Å². The van der Waals surface area contributed by atoms with Crippen molar-refractivity contribution >= 4 is 55.1 Å². The summed E-state index contributed by atoms with van der Waals surface area (Å²) < 4.78 is 6.40. The number of ether oxygens (including phenoxy) is 1. The summed E-state index contributed by atoms with van der Waals surface area (Å²) in [6.45, 7) is 3.87. The summed E-state index contributed by atoms with van der Waals surface area (Å²) >= 11 is 7.97. The largest absolute Gasteiger partial charge is 0.467 e. The molecule has 1 heterocycles. The van der Waals surface area contributed by atoms with Crippen LogP contribution >= 0.6 is 43.2 Å². The van der Waals surface area contributed by atoms with Gasteiger partial charge in [-0.3, -0.25) is 4.79 Å². The van der Waals surface area contributed by atoms with E-state index in [-0.39, 0.29) is 11.8 Å². The van der Waals surface area contributed by atoms with Crippen molar-refractivity contribution in [1.82, 2.24) is 5.32 Å². The second-order valence-electron chi connectivity index (χ2n) is 4.09. The first-order valence-corrected chi connectivity index (χ1v) is 8.14. The quantitative estimate of drug-likeness (QED) is 0.751. The Balaban J connectivity index is 2.84. The zero-order valence-corrected chi connectivity index (χ0v) is 14.8. The Bertz CT molecular complexity index is 456. The highest BCUT2D eigenvalue weighted by atomic mass is 79.9. The average Bonchev–Trinajstić information content (AvgIpc) is 2.74. The van der Waals surface area contributed by atoms with E-state index in [1.807, 2.05) is 13.8 Å². The van der Waals surface area contributed by atoms with E-state index in [2.05, 4.69) is 37.2 Å². The van der Waals surface area contributed by atoms with Gasteiger partial charge >= 0.3 is 5.97 Å². The third-order valence-electron chi connectivity index (χ3n) is 2.82. The highest BCUT2D eigenvalue weighted by Gasteiger charge is 2.27. The van der Waals surface area contributed by atoms with Crippen LogP contribution in [0.25, 0.3) is 0 Å². The molecule has 106 valence electrons. The van der Waals surface area contributed by atoms with Crippen LogP contribution in [0.5, 0.6) is 0 Å². The number of rotatable bonds is 5. The van der Waals surface area contributed by atoms with Gasteiger partial charge in [0.05, 0.1) is 15.8 Å². The van der Waals surface area contributed by atoms with Crippen molar-refractivity contribution in [2.45, 2.75) is 26.3 Å². The van der Waals surface area contributed by atoms with Crippen LogP contribution in [0, 0.1) is 5.92 Å². The van der Waals surface area contributed by atoms with Gasteiger partial charge in [-0.15, -0.1) is 11.3 Å². The number of hydrogen-bond acceptors (Lipinski definition) is 4. The van der Waals surface area contributed by atoms with Crippen molar-refractivity contribution < 1.29 is 14.3 Å². The van der Waals surface area contributed by atoms with Crippen molar-refractivity contribution in [2.24, 2.45) is 5.92 Å². The zero-order chi connectivity index (χ0) is 14.6. The van der Waals surface area contributed by atoms with Crippen LogP contribution in [0.2, 0.25) is 0 Å². The summed E-state index contributed by atoms with van der Waals surface area (Å²) in [6, 6.07) is 1.09. The predicted molar refractivity (Wildman–Crippen MR) is 82.4 cm³/mol. The molecule has 1 rings (SSSR count). The summed E-state index contributed by atoms with van der Waals surface area (Å²) in [7, 11) is 1.32. The van der Waals surface area contributed by atoms with Crippen molar-refractivity contribution in [2.75, 3.05) is 7.11 Å². The Morgan fingerprint density at radius 2 is 2.11 bits per heavy atom. The molecule has 1 aromatic rings. The molecule has 1 unspecified atom stereocenters. The standard InChI is InChI=1S/C12H15Br2NO3S/c1-4-6(2)9(12(17)18-3)15-11(16)8-5-7(13)10(14)19-8/h5-6,9H,4H2,1-3H3,(H,15,16)/t6?,9-/m0/s1. The number of carbonyl (C=O) groups excluding carboxylic acids is 2. The summed E-state index contributed by atoms with van der Waals surface area (Å²) in [5.41, 5.74) is 0. The molecule has 0 saturated carbocycles. The van der Waals surface area contributed by atoms with Crippen LogP contribution in [-0.2, 0) is 9.53 Å². The molecular formula is C12H15Br2NO3S. The number of esters is 1. The Kier molecular flexibility index (Phi) is 6.49. The zero-order valence-electron chi connectivity index (χ0n) is 10.8. The van der Waals surface area contributed by atoms with Crippen molar-refractivity contribution in [3.63, 3.8) is 0 Å². The van der Waals surface area contributed by atoms with E-state index < -0.39 is 12.0 Å². The third kappa shape index (κ3) is 4.29. The van der Waals surface area contributed by atoms with Gasteiger partial charge in [-0.2, -0.15) is 0 Å². The van der Waals surface area contributed by atoms with Gasteiger partial charge in [-0.25, -0.2) is 4.79 Å². The van der Waals surface area contributed by atoms with E-state index >= 15 is 0 Å². The van der Waals surface area contributed by atoms with Crippen molar-refractivity contribution in [3.05, 3.63) is 19.2 Å². The molecule has 4 nitrogen and oxygen atoms in total. The van der Waals surface area contributed by atoms with Gasteiger partial charge in [0.1, 0.15) is 6.04 Å². The van der Waals surface area contributed by atoms with Gasteiger partial charge in [0.2, 0.25) is 0 Å². The highest BCUT2D eigenvalue weighted by molar-refractivity contribution is 9.13. The molecule has 0 fully saturated rings. The van der Waals surface area contributed by atoms with Gasteiger partial charge in [0.15, 0.2) is 0 Å². The molecule has 1 N–H and O–H groups in total. The first-order valence-electron chi connectivity index (χ1n) is 5.74. The van der Waals surface area contributed by atoms with Crippen LogP contribution in [0.4, 0.5) is 0 Å². The Hall–Kier alpha value is -0.400. The second-order valence-corrected chi connectivity index (χ2v) is 7.32. The lowest BCUT2D eigenvalue weighted by molar-refractivity contribution is -0.144. The maximum Gasteiger partial charge on any atom is 0.328 e. The molecular weight excluding hydrogens is 398 g/mol.